The van der Waals surface area contributed by atoms with Gasteiger partial charge < -0.3 is 0 Å². The number of carbonyl (C=O) groups is 1. The van der Waals surface area contributed by atoms with Gasteiger partial charge in [0.25, 0.3) is 0 Å². The Balaban J connectivity index is 1.60. The molecule has 0 spiro atoms. The van der Waals surface area contributed by atoms with Crippen LogP contribution in [-0.2, 0) is 4.79 Å². The number of hydrogen-bond donors (Lipinski definition) is 1. The Labute approximate surface area is 131 Å². The average molecular weight is 292 g/mol. The summed E-state index contributed by atoms with van der Waals surface area (Å²) < 4.78 is 0. The second kappa shape index (κ2) is 6.14. The lowest BCUT2D eigenvalue weighted by Crippen LogP contribution is -2.21. The van der Waals surface area contributed by atoms with Gasteiger partial charge in [0.2, 0.25) is 5.91 Å². The summed E-state index contributed by atoms with van der Waals surface area (Å²) in [6.45, 7) is 3.96. The van der Waals surface area contributed by atoms with Crippen LogP contribution in [0.15, 0.2) is 59.7 Å². The van der Waals surface area contributed by atoms with E-state index in [1.54, 1.807) is 0 Å². The van der Waals surface area contributed by atoms with Gasteiger partial charge in [-0.3, -0.25) is 4.79 Å². The highest BCUT2D eigenvalue weighted by Gasteiger charge is 2.43. The van der Waals surface area contributed by atoms with Crippen molar-refractivity contribution in [1.29, 1.82) is 0 Å². The molecule has 3 heteroatoms. The van der Waals surface area contributed by atoms with E-state index in [0.29, 0.717) is 5.92 Å². The quantitative estimate of drug-likeness (QED) is 0.678. The Morgan fingerprint density at radius 2 is 1.91 bits per heavy atom. The molecule has 112 valence electrons. The van der Waals surface area contributed by atoms with Crippen molar-refractivity contribution in [1.82, 2.24) is 5.43 Å². The Bertz CT molecular complexity index is 706. The van der Waals surface area contributed by atoms with Crippen molar-refractivity contribution in [3.05, 3.63) is 71.3 Å². The van der Waals surface area contributed by atoms with Crippen molar-refractivity contribution in [3.8, 4) is 0 Å². The number of benzene rings is 2. The number of nitrogens with zero attached hydrogens (tertiary/aromatic N) is 1. The third-order valence-electron chi connectivity index (χ3n) is 4.12. The summed E-state index contributed by atoms with van der Waals surface area (Å²) in [6.07, 6.45) is 0.912. The van der Waals surface area contributed by atoms with Gasteiger partial charge in [0, 0.05) is 5.92 Å². The van der Waals surface area contributed by atoms with E-state index in [1.807, 2.05) is 50.2 Å². The molecule has 2 aromatic carbocycles. The second-order valence-electron chi connectivity index (χ2n) is 5.90. The molecule has 1 amide bonds. The fourth-order valence-corrected chi connectivity index (χ4v) is 2.71. The van der Waals surface area contributed by atoms with Crippen LogP contribution in [0.1, 0.15) is 36.0 Å². The zero-order valence-electron chi connectivity index (χ0n) is 12.9. The summed E-state index contributed by atoms with van der Waals surface area (Å²) in [7, 11) is 0. The van der Waals surface area contributed by atoms with E-state index >= 15 is 0 Å². The standard InChI is InChI=1S/C19H20N2O/c1-13-7-6-10-16(11-13)14(2)20-21-19(22)18-12-17(18)15-8-4-3-5-9-15/h3-11,17-18H,12H2,1-2H3,(H,21,22)/b20-14-/t17-,18+/m0/s1. The van der Waals surface area contributed by atoms with E-state index in [4.69, 9.17) is 0 Å². The number of nitrogens with one attached hydrogen (secondary N) is 1. The van der Waals surface area contributed by atoms with Gasteiger partial charge >= 0.3 is 0 Å². The highest BCUT2D eigenvalue weighted by molar-refractivity contribution is 5.99. The van der Waals surface area contributed by atoms with Crippen LogP contribution in [0, 0.1) is 12.8 Å². The van der Waals surface area contributed by atoms with E-state index in [9.17, 15) is 4.79 Å². The third-order valence-corrected chi connectivity index (χ3v) is 4.12. The smallest absolute Gasteiger partial charge is 0.243 e. The molecule has 3 nitrogen and oxygen atoms in total. The van der Waals surface area contributed by atoms with Crippen molar-refractivity contribution in [2.45, 2.75) is 26.2 Å². The minimum atomic E-state index is 0.0147. The zero-order valence-corrected chi connectivity index (χ0v) is 12.9. The lowest BCUT2D eigenvalue weighted by molar-refractivity contribution is -0.122. The third kappa shape index (κ3) is 3.25. The lowest BCUT2D eigenvalue weighted by atomic mass is 10.1. The molecule has 1 N–H and O–H groups in total. The van der Waals surface area contributed by atoms with Gasteiger partial charge in [0.1, 0.15) is 0 Å². The van der Waals surface area contributed by atoms with E-state index < -0.39 is 0 Å². The number of carbonyl (C=O) groups excluding carboxylic acids is 1. The first-order valence-electron chi connectivity index (χ1n) is 7.61. The van der Waals surface area contributed by atoms with Gasteiger partial charge in [-0.1, -0.05) is 60.2 Å². The number of rotatable bonds is 4. The fourth-order valence-electron chi connectivity index (χ4n) is 2.71. The molecule has 0 aromatic heterocycles. The maximum Gasteiger partial charge on any atom is 0.243 e. The molecule has 0 aliphatic heterocycles. The monoisotopic (exact) mass is 292 g/mol. The molecule has 3 rings (SSSR count). The summed E-state index contributed by atoms with van der Waals surface area (Å²) in [5.74, 6) is 0.410. The van der Waals surface area contributed by atoms with Gasteiger partial charge in [-0.25, -0.2) is 5.43 Å². The van der Waals surface area contributed by atoms with Gasteiger partial charge in [-0.05, 0) is 37.3 Å². The van der Waals surface area contributed by atoms with Crippen LogP contribution < -0.4 is 5.43 Å². The van der Waals surface area contributed by atoms with Gasteiger partial charge in [0.05, 0.1) is 5.71 Å². The van der Waals surface area contributed by atoms with Crippen molar-refractivity contribution < 1.29 is 4.79 Å². The van der Waals surface area contributed by atoms with E-state index in [1.165, 1.54) is 11.1 Å². The van der Waals surface area contributed by atoms with Crippen LogP contribution in [0.2, 0.25) is 0 Å². The molecule has 1 aliphatic carbocycles. The summed E-state index contributed by atoms with van der Waals surface area (Å²) in [5.41, 5.74) is 7.00. The first-order chi connectivity index (χ1) is 10.6. The van der Waals surface area contributed by atoms with Crippen molar-refractivity contribution >= 4 is 11.6 Å². The molecule has 2 aromatic rings. The Morgan fingerprint density at radius 1 is 1.14 bits per heavy atom. The molecule has 0 heterocycles. The molecule has 1 fully saturated rings. The van der Waals surface area contributed by atoms with Gasteiger partial charge in [-0.15, -0.1) is 0 Å². The normalized spacial score (nSPS) is 20.5. The molecule has 0 bridgehead atoms. The van der Waals surface area contributed by atoms with Crippen molar-refractivity contribution in [3.63, 3.8) is 0 Å². The molecule has 22 heavy (non-hydrogen) atoms. The van der Waals surface area contributed by atoms with Gasteiger partial charge in [0.15, 0.2) is 0 Å². The minimum Gasteiger partial charge on any atom is -0.273 e. The highest BCUT2D eigenvalue weighted by Crippen LogP contribution is 2.47. The summed E-state index contributed by atoms with van der Waals surface area (Å²) >= 11 is 0. The first-order valence-corrected chi connectivity index (χ1v) is 7.61. The maximum atomic E-state index is 12.2. The van der Waals surface area contributed by atoms with Crippen LogP contribution in [0.4, 0.5) is 0 Å². The summed E-state index contributed by atoms with van der Waals surface area (Å²) in [4.78, 5) is 12.2. The Hall–Kier alpha value is -2.42. The topological polar surface area (TPSA) is 41.5 Å². The van der Waals surface area contributed by atoms with Gasteiger partial charge in [-0.2, -0.15) is 5.10 Å². The SMILES string of the molecule is C/C(=N/NC(=O)[C@@H]1C[C@H]1c1ccccc1)c1cccc(C)c1. The predicted molar refractivity (Wildman–Crippen MR) is 88.8 cm³/mol. The molecular weight excluding hydrogens is 272 g/mol. The molecule has 1 aliphatic rings. The minimum absolute atomic E-state index is 0.0147. The van der Waals surface area contributed by atoms with E-state index in [2.05, 4.69) is 28.7 Å². The Kier molecular flexibility index (Phi) is 4.05. The first kappa shape index (κ1) is 14.5. The summed E-state index contributed by atoms with van der Waals surface area (Å²) in [6, 6.07) is 18.3. The fraction of sp³-hybridized carbons (Fsp3) is 0.263. The average Bonchev–Trinajstić information content (AvgIpc) is 3.34. The Morgan fingerprint density at radius 3 is 2.64 bits per heavy atom. The van der Waals surface area contributed by atoms with Crippen LogP contribution in [0.5, 0.6) is 0 Å². The lowest BCUT2D eigenvalue weighted by Gasteiger charge is -2.04. The molecular formula is C19H20N2O. The van der Waals surface area contributed by atoms with Crippen molar-refractivity contribution in [2.75, 3.05) is 0 Å². The molecule has 0 unspecified atom stereocenters. The maximum absolute atomic E-state index is 12.2. The number of amides is 1. The number of aryl methyl sites for hydroxylation is 1. The molecule has 1 saturated carbocycles. The zero-order chi connectivity index (χ0) is 15.5. The van der Waals surface area contributed by atoms with Crippen LogP contribution >= 0.6 is 0 Å². The van der Waals surface area contributed by atoms with Crippen LogP contribution in [-0.4, -0.2) is 11.6 Å². The second-order valence-corrected chi connectivity index (χ2v) is 5.90. The van der Waals surface area contributed by atoms with Crippen LogP contribution in [0.25, 0.3) is 0 Å². The number of hydrazone groups is 1. The number of hydrogen-bond acceptors (Lipinski definition) is 2. The molecule has 2 atom stereocenters. The largest absolute Gasteiger partial charge is 0.273 e. The van der Waals surface area contributed by atoms with Crippen molar-refractivity contribution in [2.24, 2.45) is 11.0 Å². The molecule has 0 radical (unpaired) electrons. The van der Waals surface area contributed by atoms with E-state index in [-0.39, 0.29) is 11.8 Å². The molecule has 0 saturated heterocycles. The predicted octanol–water partition coefficient (Wildman–Crippen LogP) is 3.64. The summed E-state index contributed by atoms with van der Waals surface area (Å²) in [5, 5.41) is 4.24. The van der Waals surface area contributed by atoms with E-state index in [0.717, 1.165) is 17.7 Å². The highest BCUT2D eigenvalue weighted by atomic mass is 16.2. The van der Waals surface area contributed by atoms with Crippen LogP contribution in [0.3, 0.4) is 0 Å².